The van der Waals surface area contributed by atoms with Crippen molar-refractivity contribution in [3.8, 4) is 6.07 Å². The molecule has 1 amide bonds. The molecule has 0 spiro atoms. The molecular weight excluding hydrogens is 508 g/mol. The predicted octanol–water partition coefficient (Wildman–Crippen LogP) is 2.85. The fourth-order valence-corrected chi connectivity index (χ4v) is 6.20. The first-order valence-electron chi connectivity index (χ1n) is 11.9. The Labute approximate surface area is 220 Å². The van der Waals surface area contributed by atoms with E-state index < -0.39 is 40.0 Å². The van der Waals surface area contributed by atoms with E-state index in [2.05, 4.69) is 21.4 Å². The van der Waals surface area contributed by atoms with Gasteiger partial charge < -0.3 is 10.6 Å². The lowest BCUT2D eigenvalue weighted by atomic mass is 9.85. The van der Waals surface area contributed by atoms with Gasteiger partial charge in [-0.2, -0.15) is 5.26 Å². The minimum absolute atomic E-state index is 0.216. The van der Waals surface area contributed by atoms with E-state index in [0.717, 1.165) is 23.8 Å². The predicted molar refractivity (Wildman–Crippen MR) is 142 cm³/mol. The summed E-state index contributed by atoms with van der Waals surface area (Å²) in [6.45, 7) is 0.702. The maximum atomic E-state index is 13.9. The SMILES string of the molecule is CS(=O)(=O)N[C@@H](C(=O)NC(C(=O)[C@@H]1CCCN1)c1cc(C#N)cs1)C(c1ccccc1)c1ccccc1. The summed E-state index contributed by atoms with van der Waals surface area (Å²) in [5.74, 6) is -1.51. The van der Waals surface area contributed by atoms with Crippen molar-refractivity contribution < 1.29 is 18.0 Å². The van der Waals surface area contributed by atoms with Crippen LogP contribution >= 0.6 is 11.3 Å². The van der Waals surface area contributed by atoms with Gasteiger partial charge in [-0.15, -0.1) is 11.3 Å². The van der Waals surface area contributed by atoms with E-state index in [1.165, 1.54) is 11.3 Å². The molecule has 1 aliphatic heterocycles. The van der Waals surface area contributed by atoms with Crippen molar-refractivity contribution in [2.45, 2.75) is 36.9 Å². The molecular formula is C27H28N4O4S2. The van der Waals surface area contributed by atoms with Gasteiger partial charge in [0.2, 0.25) is 15.9 Å². The normalized spacial score (nSPS) is 17.2. The first-order valence-corrected chi connectivity index (χ1v) is 14.7. The van der Waals surface area contributed by atoms with E-state index in [-0.39, 0.29) is 5.78 Å². The van der Waals surface area contributed by atoms with Crippen molar-refractivity contribution in [1.29, 1.82) is 5.26 Å². The molecule has 3 atom stereocenters. The van der Waals surface area contributed by atoms with Crippen molar-refractivity contribution in [3.63, 3.8) is 0 Å². The molecule has 3 N–H and O–H groups in total. The van der Waals surface area contributed by atoms with Crippen LogP contribution in [0.25, 0.3) is 0 Å². The minimum atomic E-state index is -3.81. The van der Waals surface area contributed by atoms with Gasteiger partial charge in [-0.05, 0) is 36.6 Å². The second-order valence-corrected chi connectivity index (χ2v) is 11.7. The second-order valence-electron chi connectivity index (χ2n) is 9.01. The molecule has 0 radical (unpaired) electrons. The third-order valence-electron chi connectivity index (χ3n) is 6.28. The van der Waals surface area contributed by atoms with Crippen LogP contribution in [-0.2, 0) is 19.6 Å². The molecule has 1 unspecified atom stereocenters. The van der Waals surface area contributed by atoms with Crippen LogP contribution in [0.4, 0.5) is 0 Å². The van der Waals surface area contributed by atoms with Crippen molar-refractivity contribution in [2.24, 2.45) is 0 Å². The number of hydrogen-bond acceptors (Lipinski definition) is 7. The molecule has 10 heteroatoms. The molecule has 1 aliphatic rings. The molecule has 37 heavy (non-hydrogen) atoms. The van der Waals surface area contributed by atoms with Gasteiger partial charge in [0.15, 0.2) is 5.78 Å². The van der Waals surface area contributed by atoms with Gasteiger partial charge in [-0.25, -0.2) is 13.1 Å². The summed E-state index contributed by atoms with van der Waals surface area (Å²) in [5, 5.41) is 16.9. The topological polar surface area (TPSA) is 128 Å². The van der Waals surface area contributed by atoms with Gasteiger partial charge >= 0.3 is 0 Å². The van der Waals surface area contributed by atoms with Crippen LogP contribution in [0.2, 0.25) is 0 Å². The van der Waals surface area contributed by atoms with E-state index in [1.807, 2.05) is 60.7 Å². The fourth-order valence-electron chi connectivity index (χ4n) is 4.61. The lowest BCUT2D eigenvalue weighted by Crippen LogP contribution is -2.52. The highest BCUT2D eigenvalue weighted by atomic mass is 32.2. The molecule has 2 aromatic carbocycles. The Hall–Kier alpha value is -3.36. The molecule has 1 fully saturated rings. The number of amides is 1. The minimum Gasteiger partial charge on any atom is -0.340 e. The van der Waals surface area contributed by atoms with Gasteiger partial charge in [0, 0.05) is 16.2 Å². The van der Waals surface area contributed by atoms with Crippen LogP contribution < -0.4 is 15.4 Å². The summed E-state index contributed by atoms with van der Waals surface area (Å²) in [6.07, 6.45) is 2.49. The Kier molecular flexibility index (Phi) is 8.51. The number of hydrogen-bond donors (Lipinski definition) is 3. The smallest absolute Gasteiger partial charge is 0.240 e. The number of carbonyl (C=O) groups excluding carboxylic acids is 2. The Morgan fingerprint density at radius 3 is 2.19 bits per heavy atom. The summed E-state index contributed by atoms with van der Waals surface area (Å²) < 4.78 is 27.4. The monoisotopic (exact) mass is 536 g/mol. The van der Waals surface area contributed by atoms with Crippen LogP contribution in [0.5, 0.6) is 0 Å². The third-order valence-corrected chi connectivity index (χ3v) is 7.96. The number of nitrogens with one attached hydrogen (secondary N) is 3. The van der Waals surface area contributed by atoms with E-state index in [0.29, 0.717) is 23.4 Å². The van der Waals surface area contributed by atoms with Gasteiger partial charge in [0.25, 0.3) is 0 Å². The number of benzene rings is 2. The number of sulfonamides is 1. The van der Waals surface area contributed by atoms with Crippen LogP contribution in [0.3, 0.4) is 0 Å². The van der Waals surface area contributed by atoms with Crippen LogP contribution in [0, 0.1) is 11.3 Å². The molecule has 8 nitrogen and oxygen atoms in total. The lowest BCUT2D eigenvalue weighted by molar-refractivity contribution is -0.129. The zero-order valence-electron chi connectivity index (χ0n) is 20.3. The van der Waals surface area contributed by atoms with Crippen LogP contribution in [0.15, 0.2) is 72.1 Å². The number of ketones is 1. The molecule has 1 aromatic heterocycles. The average Bonchev–Trinajstić information content (AvgIpc) is 3.60. The number of nitriles is 1. The summed E-state index contributed by atoms with van der Waals surface area (Å²) in [6, 6.07) is 19.3. The number of carbonyl (C=O) groups is 2. The third kappa shape index (κ3) is 6.70. The molecule has 1 saturated heterocycles. The van der Waals surface area contributed by atoms with E-state index in [9.17, 15) is 23.3 Å². The van der Waals surface area contributed by atoms with Crippen molar-refractivity contribution in [2.75, 3.05) is 12.8 Å². The maximum absolute atomic E-state index is 13.9. The highest BCUT2D eigenvalue weighted by molar-refractivity contribution is 7.88. The standard InChI is InChI=1S/C27H28N4O4S2/c1-37(34,35)31-25(23(19-9-4-2-5-10-19)20-11-6-3-7-12-20)27(33)30-24(22-15-18(16-28)17-36-22)26(32)21-13-8-14-29-21/h2-7,9-12,15,17,21,23-25,29,31H,8,13-14H2,1H3,(H,30,33)/t21-,24?,25+/m0/s1. The van der Waals surface area contributed by atoms with Gasteiger partial charge in [-0.3, -0.25) is 9.59 Å². The zero-order chi connectivity index (χ0) is 26.4. The number of Topliss-reactive ketones (excluding diaryl/α,β-unsaturated/α-hetero) is 1. The van der Waals surface area contributed by atoms with E-state index in [4.69, 9.17) is 0 Å². The van der Waals surface area contributed by atoms with Crippen LogP contribution in [0.1, 0.15) is 46.4 Å². The molecule has 0 aliphatic carbocycles. The first-order chi connectivity index (χ1) is 17.8. The summed E-state index contributed by atoms with van der Waals surface area (Å²) in [5.41, 5.74) is 1.88. The molecule has 0 bridgehead atoms. The number of nitrogens with zero attached hydrogens (tertiary/aromatic N) is 1. The van der Waals surface area contributed by atoms with Gasteiger partial charge in [0.05, 0.1) is 17.9 Å². The average molecular weight is 537 g/mol. The summed E-state index contributed by atoms with van der Waals surface area (Å²) in [7, 11) is -3.81. The summed E-state index contributed by atoms with van der Waals surface area (Å²) >= 11 is 1.21. The zero-order valence-corrected chi connectivity index (χ0v) is 21.9. The Balaban J connectivity index is 1.75. The summed E-state index contributed by atoms with van der Waals surface area (Å²) in [4.78, 5) is 27.9. The Morgan fingerprint density at radius 2 is 1.70 bits per heavy atom. The van der Waals surface area contributed by atoms with Crippen LogP contribution in [-0.4, -0.2) is 45.0 Å². The first kappa shape index (κ1) is 26.7. The molecule has 4 rings (SSSR count). The highest BCUT2D eigenvalue weighted by Crippen LogP contribution is 2.31. The maximum Gasteiger partial charge on any atom is 0.240 e. The van der Waals surface area contributed by atoms with E-state index in [1.54, 1.807) is 11.4 Å². The fraction of sp³-hybridized carbons (Fsp3) is 0.296. The van der Waals surface area contributed by atoms with Gasteiger partial charge in [-0.1, -0.05) is 60.7 Å². The van der Waals surface area contributed by atoms with Gasteiger partial charge in [0.1, 0.15) is 18.2 Å². The molecule has 192 valence electrons. The lowest BCUT2D eigenvalue weighted by Gasteiger charge is -2.29. The van der Waals surface area contributed by atoms with Crippen molar-refractivity contribution >= 4 is 33.1 Å². The Bertz CT molecular complexity index is 1340. The van der Waals surface area contributed by atoms with E-state index >= 15 is 0 Å². The molecule has 3 aromatic rings. The number of thiophene rings is 1. The Morgan fingerprint density at radius 1 is 1.08 bits per heavy atom. The largest absolute Gasteiger partial charge is 0.340 e. The van der Waals surface area contributed by atoms with Crippen molar-refractivity contribution in [3.05, 3.63) is 93.7 Å². The highest BCUT2D eigenvalue weighted by Gasteiger charge is 2.38. The van der Waals surface area contributed by atoms with Crippen molar-refractivity contribution in [1.82, 2.24) is 15.4 Å². The second kappa shape index (κ2) is 11.8. The number of rotatable bonds is 10. The quantitative estimate of drug-likeness (QED) is 0.366. The molecule has 0 saturated carbocycles. The molecule has 2 heterocycles.